The fraction of sp³-hybridized carbons (Fsp3) is 0.853. The number of aliphatic hydroxyl groups is 2. The van der Waals surface area contributed by atoms with Crippen molar-refractivity contribution in [1.82, 2.24) is 5.32 Å². The minimum absolute atomic E-state index is 0.00510. The molecular weight excluding hydrogens is 911 g/mol. The topological polar surface area (TPSA) is 95.9 Å². The summed E-state index contributed by atoms with van der Waals surface area (Å²) in [6.07, 6.45) is 81.9. The second-order valence-electron chi connectivity index (χ2n) is 22.4. The maximum atomic E-state index is 12.4. The minimum Gasteiger partial charge on any atom is -0.466 e. The SMILES string of the molecule is CCCCCCC/C=C\CCCCCCCC(=O)OCCCCCCCCCCC/C=C\C/C=C\CCCCCCCCCCCCCCCCCCCC(=O)NC(CO)C(O)/C=C/CCCCCCCCCC. The van der Waals surface area contributed by atoms with E-state index < -0.39 is 12.1 Å². The van der Waals surface area contributed by atoms with E-state index in [1.807, 2.05) is 6.08 Å². The summed E-state index contributed by atoms with van der Waals surface area (Å²) in [6.45, 7) is 4.88. The summed E-state index contributed by atoms with van der Waals surface area (Å²) in [5.41, 5.74) is 0. The Balaban J connectivity index is 3.37. The van der Waals surface area contributed by atoms with Crippen LogP contribution in [0, 0.1) is 0 Å². The second-order valence-corrected chi connectivity index (χ2v) is 22.4. The number of amides is 1. The van der Waals surface area contributed by atoms with Gasteiger partial charge in [-0.15, -0.1) is 0 Å². The van der Waals surface area contributed by atoms with Gasteiger partial charge in [-0.05, 0) is 89.9 Å². The molecule has 0 aromatic carbocycles. The van der Waals surface area contributed by atoms with Gasteiger partial charge in [0.05, 0.1) is 25.4 Å². The zero-order valence-electron chi connectivity index (χ0n) is 49.6. The molecule has 0 spiro atoms. The van der Waals surface area contributed by atoms with Crippen molar-refractivity contribution in [3.63, 3.8) is 0 Å². The number of hydrogen-bond acceptors (Lipinski definition) is 5. The third-order valence-corrected chi connectivity index (χ3v) is 15.1. The van der Waals surface area contributed by atoms with Crippen molar-refractivity contribution in [1.29, 1.82) is 0 Å². The van der Waals surface area contributed by atoms with Crippen molar-refractivity contribution < 1.29 is 24.5 Å². The molecule has 2 unspecified atom stereocenters. The Bertz CT molecular complexity index is 1240. The summed E-state index contributed by atoms with van der Waals surface area (Å²) in [6, 6.07) is -0.625. The van der Waals surface area contributed by atoms with Crippen LogP contribution in [0.25, 0.3) is 0 Å². The zero-order chi connectivity index (χ0) is 53.6. The van der Waals surface area contributed by atoms with Crippen LogP contribution in [-0.4, -0.2) is 47.4 Å². The quantitative estimate of drug-likeness (QED) is 0.0320. The van der Waals surface area contributed by atoms with Crippen molar-refractivity contribution in [2.75, 3.05) is 13.2 Å². The molecule has 0 saturated carbocycles. The van der Waals surface area contributed by atoms with Gasteiger partial charge in [0.1, 0.15) is 0 Å². The van der Waals surface area contributed by atoms with Gasteiger partial charge < -0.3 is 20.3 Å². The molecule has 0 radical (unpaired) electrons. The molecule has 0 aliphatic heterocycles. The predicted molar refractivity (Wildman–Crippen MR) is 324 cm³/mol. The molecule has 74 heavy (non-hydrogen) atoms. The molecule has 6 heteroatoms. The molecule has 3 N–H and O–H groups in total. The highest BCUT2D eigenvalue weighted by molar-refractivity contribution is 5.76. The highest BCUT2D eigenvalue weighted by atomic mass is 16.5. The van der Waals surface area contributed by atoms with E-state index in [0.717, 1.165) is 51.4 Å². The first kappa shape index (κ1) is 71.8. The Morgan fingerprint density at radius 1 is 0.378 bits per heavy atom. The van der Waals surface area contributed by atoms with E-state index in [4.69, 9.17) is 4.74 Å². The number of aliphatic hydroxyl groups excluding tert-OH is 2. The minimum atomic E-state index is -0.841. The third kappa shape index (κ3) is 59.1. The first-order chi connectivity index (χ1) is 36.5. The Morgan fingerprint density at radius 3 is 1.04 bits per heavy atom. The lowest BCUT2D eigenvalue weighted by Gasteiger charge is -2.20. The van der Waals surface area contributed by atoms with E-state index in [2.05, 4.69) is 55.6 Å². The molecule has 6 nitrogen and oxygen atoms in total. The number of hydrogen-bond donors (Lipinski definition) is 3. The molecule has 0 bridgehead atoms. The number of ether oxygens (including phenoxy) is 1. The van der Waals surface area contributed by atoms with Gasteiger partial charge in [0.2, 0.25) is 5.91 Å². The molecule has 434 valence electrons. The van der Waals surface area contributed by atoms with Crippen LogP contribution in [0.15, 0.2) is 48.6 Å². The zero-order valence-corrected chi connectivity index (χ0v) is 49.6. The molecule has 0 aromatic heterocycles. The van der Waals surface area contributed by atoms with Crippen molar-refractivity contribution in [2.24, 2.45) is 0 Å². The Morgan fingerprint density at radius 2 is 0.676 bits per heavy atom. The maximum absolute atomic E-state index is 12.4. The average Bonchev–Trinajstić information content (AvgIpc) is 3.40. The maximum Gasteiger partial charge on any atom is 0.305 e. The lowest BCUT2D eigenvalue weighted by atomic mass is 10.0. The van der Waals surface area contributed by atoms with Gasteiger partial charge in [0, 0.05) is 12.8 Å². The third-order valence-electron chi connectivity index (χ3n) is 15.1. The number of allylic oxidation sites excluding steroid dienone is 7. The van der Waals surface area contributed by atoms with Crippen LogP contribution in [0.3, 0.4) is 0 Å². The molecule has 0 aliphatic carbocycles. The molecule has 0 aromatic rings. The number of carbonyl (C=O) groups excluding carboxylic acids is 2. The highest BCUT2D eigenvalue weighted by Gasteiger charge is 2.18. The molecule has 0 aliphatic rings. The molecule has 0 saturated heterocycles. The number of carbonyl (C=O) groups is 2. The number of esters is 1. The summed E-state index contributed by atoms with van der Waals surface area (Å²) >= 11 is 0. The predicted octanol–water partition coefficient (Wildman–Crippen LogP) is 20.9. The van der Waals surface area contributed by atoms with Crippen molar-refractivity contribution in [3.8, 4) is 0 Å². The van der Waals surface area contributed by atoms with E-state index in [1.54, 1.807) is 6.08 Å². The summed E-state index contributed by atoms with van der Waals surface area (Å²) < 4.78 is 5.48. The Kier molecular flexibility index (Phi) is 61.5. The number of nitrogens with one attached hydrogen (secondary N) is 1. The fourth-order valence-electron chi connectivity index (χ4n) is 10.0. The second kappa shape index (κ2) is 63.4. The number of rotatable bonds is 61. The standard InChI is InChI=1S/C68H127NO5/c1-3-5-7-9-11-13-15-16-39-42-46-50-54-58-62-68(73)74-63-59-55-51-47-43-40-37-35-33-31-29-27-25-23-21-19-17-18-20-22-24-26-28-30-32-34-36-38-41-45-49-53-57-61-67(72)69-65(64-70)66(71)60-56-52-48-44-14-12-10-8-6-4-2/h15-16,21,23,27,29,56,60,65-66,70-71H,3-14,17-20,22,24-26,28,30-55,57-59,61-64H2,1-2H3,(H,69,72)/b16-15-,23-21-,29-27-,60-56+. The smallest absolute Gasteiger partial charge is 0.305 e. The van der Waals surface area contributed by atoms with E-state index >= 15 is 0 Å². The average molecular weight is 1040 g/mol. The van der Waals surface area contributed by atoms with E-state index in [9.17, 15) is 19.8 Å². The van der Waals surface area contributed by atoms with Crippen LogP contribution in [0.1, 0.15) is 348 Å². The molecular formula is C68H127NO5. The van der Waals surface area contributed by atoms with Crippen LogP contribution in [0.2, 0.25) is 0 Å². The molecule has 2 atom stereocenters. The Hall–Kier alpha value is -2.18. The summed E-state index contributed by atoms with van der Waals surface area (Å²) in [5.74, 6) is -0.0624. The normalized spacial score (nSPS) is 12.9. The van der Waals surface area contributed by atoms with Crippen LogP contribution < -0.4 is 5.32 Å². The highest BCUT2D eigenvalue weighted by Crippen LogP contribution is 2.17. The fourth-order valence-corrected chi connectivity index (χ4v) is 10.0. The van der Waals surface area contributed by atoms with Crippen LogP contribution in [0.5, 0.6) is 0 Å². The molecule has 0 rings (SSSR count). The van der Waals surface area contributed by atoms with Gasteiger partial charge in [-0.1, -0.05) is 294 Å². The van der Waals surface area contributed by atoms with E-state index in [-0.39, 0.29) is 18.5 Å². The van der Waals surface area contributed by atoms with Gasteiger partial charge in [0.25, 0.3) is 0 Å². The summed E-state index contributed by atoms with van der Waals surface area (Å²) in [4.78, 5) is 24.5. The van der Waals surface area contributed by atoms with Crippen LogP contribution in [-0.2, 0) is 14.3 Å². The first-order valence-corrected chi connectivity index (χ1v) is 32.9. The summed E-state index contributed by atoms with van der Waals surface area (Å²) in [5, 5.41) is 23.0. The van der Waals surface area contributed by atoms with Gasteiger partial charge in [-0.2, -0.15) is 0 Å². The van der Waals surface area contributed by atoms with Gasteiger partial charge >= 0.3 is 5.97 Å². The first-order valence-electron chi connectivity index (χ1n) is 32.9. The molecule has 0 heterocycles. The van der Waals surface area contributed by atoms with Gasteiger partial charge in [-0.25, -0.2) is 0 Å². The van der Waals surface area contributed by atoms with Crippen molar-refractivity contribution in [3.05, 3.63) is 48.6 Å². The van der Waals surface area contributed by atoms with E-state index in [1.165, 1.54) is 270 Å². The number of unbranched alkanes of at least 4 members (excludes halogenated alkanes) is 44. The largest absolute Gasteiger partial charge is 0.466 e. The van der Waals surface area contributed by atoms with Crippen molar-refractivity contribution in [2.45, 2.75) is 360 Å². The van der Waals surface area contributed by atoms with Gasteiger partial charge in [-0.3, -0.25) is 9.59 Å². The molecule has 1 amide bonds. The summed E-state index contributed by atoms with van der Waals surface area (Å²) in [7, 11) is 0. The monoisotopic (exact) mass is 1040 g/mol. The van der Waals surface area contributed by atoms with Gasteiger partial charge in [0.15, 0.2) is 0 Å². The van der Waals surface area contributed by atoms with Crippen molar-refractivity contribution >= 4 is 11.9 Å². The Labute approximate surface area is 461 Å². The van der Waals surface area contributed by atoms with E-state index in [0.29, 0.717) is 19.4 Å². The van der Waals surface area contributed by atoms with Crippen LogP contribution >= 0.6 is 0 Å². The lowest BCUT2D eigenvalue weighted by molar-refractivity contribution is -0.143. The lowest BCUT2D eigenvalue weighted by Crippen LogP contribution is -2.45. The molecule has 0 fully saturated rings. The van der Waals surface area contributed by atoms with Crippen LogP contribution in [0.4, 0.5) is 0 Å².